The lowest BCUT2D eigenvalue weighted by Gasteiger charge is -2.03. The Kier molecular flexibility index (Phi) is 1.69. The molecule has 2 N–H and O–H groups in total. The highest BCUT2D eigenvalue weighted by molar-refractivity contribution is 5.84. The minimum absolute atomic E-state index is 0.592. The van der Waals surface area contributed by atoms with E-state index in [0.29, 0.717) is 5.82 Å². The Morgan fingerprint density at radius 2 is 1.92 bits per heavy atom. The van der Waals surface area contributed by atoms with Crippen LogP contribution in [0.3, 0.4) is 0 Å². The summed E-state index contributed by atoms with van der Waals surface area (Å²) in [4.78, 5) is 4.26. The normalized spacial score (nSPS) is 10.6. The van der Waals surface area contributed by atoms with Gasteiger partial charge in [0.1, 0.15) is 5.82 Å². The Morgan fingerprint density at radius 3 is 2.69 bits per heavy atom. The fraction of sp³-hybridized carbons (Fsp3) is 0.182. The lowest BCUT2D eigenvalue weighted by molar-refractivity contribution is 1.36. The van der Waals surface area contributed by atoms with Gasteiger partial charge in [0.25, 0.3) is 0 Å². The summed E-state index contributed by atoms with van der Waals surface area (Å²) in [6.45, 7) is 4.13. The summed E-state index contributed by atoms with van der Waals surface area (Å²) in [7, 11) is 0. The van der Waals surface area contributed by atoms with E-state index in [-0.39, 0.29) is 0 Å². The maximum absolute atomic E-state index is 5.65. The van der Waals surface area contributed by atoms with Crippen molar-refractivity contribution in [3.05, 3.63) is 35.4 Å². The molecular formula is C11H12N2. The second kappa shape index (κ2) is 2.73. The molecule has 66 valence electrons. The van der Waals surface area contributed by atoms with E-state index in [1.165, 1.54) is 16.5 Å². The average Bonchev–Trinajstić information content (AvgIpc) is 2.06. The van der Waals surface area contributed by atoms with Crippen LogP contribution >= 0.6 is 0 Å². The zero-order chi connectivity index (χ0) is 9.42. The van der Waals surface area contributed by atoms with Gasteiger partial charge in [-0.25, -0.2) is 4.98 Å². The maximum atomic E-state index is 5.65. The molecule has 0 atom stereocenters. The van der Waals surface area contributed by atoms with Gasteiger partial charge in [-0.3, -0.25) is 0 Å². The smallest absolute Gasteiger partial charge is 0.124 e. The summed E-state index contributed by atoms with van der Waals surface area (Å²) >= 11 is 0. The molecule has 2 nitrogen and oxygen atoms in total. The third-order valence-electron chi connectivity index (χ3n) is 2.19. The van der Waals surface area contributed by atoms with Crippen molar-refractivity contribution < 1.29 is 0 Å². The Labute approximate surface area is 77.4 Å². The zero-order valence-corrected chi connectivity index (χ0v) is 7.83. The molecular weight excluding hydrogens is 160 g/mol. The van der Waals surface area contributed by atoms with Crippen LogP contribution in [-0.2, 0) is 0 Å². The molecule has 1 heterocycles. The third-order valence-corrected chi connectivity index (χ3v) is 2.19. The van der Waals surface area contributed by atoms with Crippen LogP contribution < -0.4 is 5.73 Å². The number of fused-ring (bicyclic) bond motifs is 1. The van der Waals surface area contributed by atoms with Crippen molar-refractivity contribution in [3.8, 4) is 0 Å². The number of nitrogens with two attached hydrogens (primary N) is 1. The van der Waals surface area contributed by atoms with Crippen LogP contribution in [0.15, 0.2) is 24.3 Å². The van der Waals surface area contributed by atoms with E-state index in [4.69, 9.17) is 5.73 Å². The highest BCUT2D eigenvalue weighted by Gasteiger charge is 1.99. The number of anilines is 1. The summed E-state index contributed by atoms with van der Waals surface area (Å²) in [5.41, 5.74) is 9.07. The Morgan fingerprint density at radius 1 is 1.15 bits per heavy atom. The van der Waals surface area contributed by atoms with Crippen LogP contribution in [-0.4, -0.2) is 4.98 Å². The SMILES string of the molecule is Cc1ccc2nc(N)cc(C)c2c1. The molecule has 0 saturated carbocycles. The van der Waals surface area contributed by atoms with Gasteiger partial charge in [-0.05, 0) is 37.6 Å². The van der Waals surface area contributed by atoms with Crippen molar-refractivity contribution >= 4 is 16.7 Å². The van der Waals surface area contributed by atoms with Gasteiger partial charge < -0.3 is 5.73 Å². The van der Waals surface area contributed by atoms with Gasteiger partial charge >= 0.3 is 0 Å². The molecule has 2 rings (SSSR count). The fourth-order valence-corrected chi connectivity index (χ4v) is 1.53. The minimum atomic E-state index is 0.592. The molecule has 13 heavy (non-hydrogen) atoms. The number of aromatic nitrogens is 1. The van der Waals surface area contributed by atoms with Gasteiger partial charge in [-0.1, -0.05) is 11.6 Å². The van der Waals surface area contributed by atoms with Crippen LogP contribution in [0.2, 0.25) is 0 Å². The predicted octanol–water partition coefficient (Wildman–Crippen LogP) is 2.43. The lowest BCUT2D eigenvalue weighted by atomic mass is 10.1. The lowest BCUT2D eigenvalue weighted by Crippen LogP contribution is -1.92. The van der Waals surface area contributed by atoms with E-state index >= 15 is 0 Å². The molecule has 0 aliphatic heterocycles. The van der Waals surface area contributed by atoms with Crippen molar-refractivity contribution in [2.75, 3.05) is 5.73 Å². The summed E-state index contributed by atoms with van der Waals surface area (Å²) in [6.07, 6.45) is 0. The van der Waals surface area contributed by atoms with Crippen molar-refractivity contribution in [2.24, 2.45) is 0 Å². The van der Waals surface area contributed by atoms with Crippen molar-refractivity contribution in [3.63, 3.8) is 0 Å². The van der Waals surface area contributed by atoms with Gasteiger partial charge in [0.2, 0.25) is 0 Å². The van der Waals surface area contributed by atoms with Gasteiger partial charge in [0, 0.05) is 5.39 Å². The van der Waals surface area contributed by atoms with Gasteiger partial charge in [-0.15, -0.1) is 0 Å². The Bertz CT molecular complexity index is 461. The van der Waals surface area contributed by atoms with E-state index < -0.39 is 0 Å². The van der Waals surface area contributed by atoms with Crippen molar-refractivity contribution in [1.29, 1.82) is 0 Å². The monoisotopic (exact) mass is 172 g/mol. The van der Waals surface area contributed by atoms with E-state index in [0.717, 1.165) is 5.52 Å². The predicted molar refractivity (Wildman–Crippen MR) is 55.6 cm³/mol. The first kappa shape index (κ1) is 8.05. The highest BCUT2D eigenvalue weighted by atomic mass is 14.8. The number of hydrogen-bond acceptors (Lipinski definition) is 2. The van der Waals surface area contributed by atoms with Gasteiger partial charge in [0.05, 0.1) is 5.52 Å². The van der Waals surface area contributed by atoms with E-state index in [9.17, 15) is 0 Å². The number of nitrogens with zero attached hydrogens (tertiary/aromatic N) is 1. The highest BCUT2D eigenvalue weighted by Crippen LogP contribution is 2.19. The standard InChI is InChI=1S/C11H12N2/c1-7-3-4-10-9(5-7)8(2)6-11(12)13-10/h3-6H,1-2H3,(H2,12,13). The second-order valence-corrected chi connectivity index (χ2v) is 3.38. The number of aryl methyl sites for hydroxylation is 2. The molecule has 1 aromatic carbocycles. The first-order valence-electron chi connectivity index (χ1n) is 4.30. The maximum Gasteiger partial charge on any atom is 0.124 e. The molecule has 0 fully saturated rings. The van der Waals surface area contributed by atoms with E-state index in [1.54, 1.807) is 0 Å². The first-order chi connectivity index (χ1) is 6.16. The molecule has 0 amide bonds. The summed E-state index contributed by atoms with van der Waals surface area (Å²) in [5, 5.41) is 1.19. The Hall–Kier alpha value is -1.57. The molecule has 0 saturated heterocycles. The molecule has 0 aliphatic carbocycles. The van der Waals surface area contributed by atoms with E-state index in [2.05, 4.69) is 24.9 Å². The van der Waals surface area contributed by atoms with Crippen LogP contribution in [0, 0.1) is 13.8 Å². The third kappa shape index (κ3) is 1.35. The second-order valence-electron chi connectivity index (χ2n) is 3.38. The molecule has 0 bridgehead atoms. The fourth-order valence-electron chi connectivity index (χ4n) is 1.53. The van der Waals surface area contributed by atoms with E-state index in [1.807, 2.05) is 18.2 Å². The minimum Gasteiger partial charge on any atom is -0.384 e. The molecule has 2 heteroatoms. The quantitative estimate of drug-likeness (QED) is 0.662. The van der Waals surface area contributed by atoms with Gasteiger partial charge in [0.15, 0.2) is 0 Å². The molecule has 0 aliphatic rings. The van der Waals surface area contributed by atoms with Crippen molar-refractivity contribution in [1.82, 2.24) is 4.98 Å². The molecule has 1 aromatic heterocycles. The number of rotatable bonds is 0. The Balaban J connectivity index is 2.87. The van der Waals surface area contributed by atoms with Crippen LogP contribution in [0.1, 0.15) is 11.1 Å². The topological polar surface area (TPSA) is 38.9 Å². The number of nitrogen functional groups attached to an aromatic ring is 1. The summed E-state index contributed by atoms with van der Waals surface area (Å²) in [6, 6.07) is 8.10. The largest absolute Gasteiger partial charge is 0.384 e. The summed E-state index contributed by atoms with van der Waals surface area (Å²) < 4.78 is 0. The average molecular weight is 172 g/mol. The zero-order valence-electron chi connectivity index (χ0n) is 7.83. The first-order valence-corrected chi connectivity index (χ1v) is 4.30. The molecule has 2 aromatic rings. The van der Waals surface area contributed by atoms with Crippen LogP contribution in [0.4, 0.5) is 5.82 Å². The number of pyridine rings is 1. The molecule has 0 radical (unpaired) electrons. The van der Waals surface area contributed by atoms with Crippen molar-refractivity contribution in [2.45, 2.75) is 13.8 Å². The summed E-state index contributed by atoms with van der Waals surface area (Å²) in [5.74, 6) is 0.592. The number of hydrogen-bond donors (Lipinski definition) is 1. The molecule has 0 spiro atoms. The number of benzene rings is 1. The van der Waals surface area contributed by atoms with Crippen LogP contribution in [0.5, 0.6) is 0 Å². The van der Waals surface area contributed by atoms with Crippen LogP contribution in [0.25, 0.3) is 10.9 Å². The van der Waals surface area contributed by atoms with Gasteiger partial charge in [-0.2, -0.15) is 0 Å². The molecule has 0 unspecified atom stereocenters.